The summed E-state index contributed by atoms with van der Waals surface area (Å²) in [4.78, 5) is 0. The highest BCUT2D eigenvalue weighted by Crippen LogP contribution is 2.13. The Kier molecular flexibility index (Phi) is 8.41. The molecule has 0 aliphatic rings. The first kappa shape index (κ1) is 11.2. The quantitative estimate of drug-likeness (QED) is 0.423. The Hall–Kier alpha value is 0.177. The first-order chi connectivity index (χ1) is 5.31. The van der Waals surface area contributed by atoms with Gasteiger partial charge in [-0.15, -0.1) is 0 Å². The van der Waals surface area contributed by atoms with Crippen molar-refractivity contribution in [3.63, 3.8) is 0 Å². The van der Waals surface area contributed by atoms with Crippen LogP contribution in [-0.2, 0) is 4.43 Å². The van der Waals surface area contributed by atoms with Gasteiger partial charge in [0, 0.05) is 6.61 Å². The van der Waals surface area contributed by atoms with Gasteiger partial charge in [0.1, 0.15) is 10.5 Å². The lowest BCUT2D eigenvalue weighted by Crippen LogP contribution is -1.97. The van der Waals surface area contributed by atoms with E-state index in [-0.39, 0.29) is 0 Å². The van der Waals surface area contributed by atoms with Gasteiger partial charge in [-0.1, -0.05) is 33.1 Å². The van der Waals surface area contributed by atoms with E-state index in [4.69, 9.17) is 4.43 Å². The van der Waals surface area contributed by atoms with Crippen LogP contribution < -0.4 is 0 Å². The predicted octanol–water partition coefficient (Wildman–Crippen LogP) is 1.89. The Bertz CT molecular complexity index is 76.0. The molecule has 0 spiro atoms. The Morgan fingerprint density at radius 3 is 2.45 bits per heavy atom. The molecule has 1 nitrogen and oxygen atoms in total. The van der Waals surface area contributed by atoms with Crippen LogP contribution >= 0.6 is 0 Å². The van der Waals surface area contributed by atoms with Crippen molar-refractivity contribution < 1.29 is 4.43 Å². The van der Waals surface area contributed by atoms with Gasteiger partial charge >= 0.3 is 0 Å². The second-order valence-corrected chi connectivity index (χ2v) is 3.96. The summed E-state index contributed by atoms with van der Waals surface area (Å²) in [6, 6.07) is 0. The van der Waals surface area contributed by atoms with E-state index in [0.717, 1.165) is 23.0 Å². The zero-order valence-electron chi connectivity index (χ0n) is 8.23. The third-order valence-corrected chi connectivity index (χ3v) is 2.50. The monoisotopic (exact) mass is 174 g/mol. The zero-order chi connectivity index (χ0) is 8.53. The van der Waals surface area contributed by atoms with Crippen molar-refractivity contribution in [2.45, 2.75) is 46.0 Å². The summed E-state index contributed by atoms with van der Waals surface area (Å²) in [6.07, 6.45) is 6.73. The van der Waals surface area contributed by atoms with E-state index in [1.54, 1.807) is 0 Å². The summed E-state index contributed by atoms with van der Waals surface area (Å²) in [7, 11) is 0.902. The third-order valence-electron chi connectivity index (χ3n) is 2.10. The van der Waals surface area contributed by atoms with Crippen molar-refractivity contribution in [2.24, 2.45) is 5.92 Å². The Morgan fingerprint density at radius 1 is 1.27 bits per heavy atom. The molecular weight excluding hydrogens is 152 g/mol. The smallest absolute Gasteiger partial charge is 0.145 e. The van der Waals surface area contributed by atoms with Gasteiger partial charge in [-0.3, -0.25) is 0 Å². The molecule has 0 saturated carbocycles. The molecule has 0 aliphatic heterocycles. The fourth-order valence-electron chi connectivity index (χ4n) is 1.27. The van der Waals surface area contributed by atoms with E-state index in [1.807, 2.05) is 0 Å². The maximum absolute atomic E-state index is 5.14. The van der Waals surface area contributed by atoms with Gasteiger partial charge in [0.25, 0.3) is 0 Å². The lowest BCUT2D eigenvalue weighted by Gasteiger charge is -2.09. The highest BCUT2D eigenvalue weighted by Gasteiger charge is 1.99. The molecule has 0 amide bonds. The Balaban J connectivity index is 3.02. The van der Waals surface area contributed by atoms with Crippen LogP contribution in [0.3, 0.4) is 0 Å². The topological polar surface area (TPSA) is 9.23 Å². The molecule has 0 aromatic carbocycles. The molecular formula is C9H22OSi. The standard InChI is InChI=1S/C9H22OSi/c1-3-4-6-9(2)7-5-8-10-11/h9H,3-8H2,1-2,11H3. The lowest BCUT2D eigenvalue weighted by molar-refractivity contribution is 0.315. The molecule has 0 radical (unpaired) electrons. The molecule has 0 aliphatic carbocycles. The van der Waals surface area contributed by atoms with E-state index in [0.29, 0.717) is 0 Å². The highest BCUT2D eigenvalue weighted by atomic mass is 28.2. The van der Waals surface area contributed by atoms with Crippen molar-refractivity contribution in [3.05, 3.63) is 0 Å². The van der Waals surface area contributed by atoms with Crippen LogP contribution in [0.25, 0.3) is 0 Å². The third kappa shape index (κ3) is 8.08. The summed E-state index contributed by atoms with van der Waals surface area (Å²) in [6.45, 7) is 5.60. The van der Waals surface area contributed by atoms with E-state index < -0.39 is 0 Å². The van der Waals surface area contributed by atoms with E-state index in [1.165, 1.54) is 32.1 Å². The number of hydrogen-bond donors (Lipinski definition) is 0. The van der Waals surface area contributed by atoms with E-state index >= 15 is 0 Å². The van der Waals surface area contributed by atoms with Gasteiger partial charge in [0.05, 0.1) is 0 Å². The average molecular weight is 174 g/mol. The molecule has 0 aromatic heterocycles. The maximum atomic E-state index is 5.14. The normalized spacial score (nSPS) is 13.6. The van der Waals surface area contributed by atoms with Crippen molar-refractivity contribution in [1.29, 1.82) is 0 Å². The summed E-state index contributed by atoms with van der Waals surface area (Å²) in [5.41, 5.74) is 0. The van der Waals surface area contributed by atoms with Crippen LogP contribution in [0.15, 0.2) is 0 Å². The van der Waals surface area contributed by atoms with Gasteiger partial charge in [-0.05, 0) is 18.8 Å². The van der Waals surface area contributed by atoms with Crippen LogP contribution in [-0.4, -0.2) is 17.1 Å². The first-order valence-corrected chi connectivity index (χ1v) is 5.61. The average Bonchev–Trinajstić information content (AvgIpc) is 2.01. The van der Waals surface area contributed by atoms with Gasteiger partial charge in [-0.2, -0.15) is 0 Å². The molecule has 0 saturated heterocycles. The summed E-state index contributed by atoms with van der Waals surface area (Å²) < 4.78 is 5.14. The number of rotatable bonds is 7. The molecule has 11 heavy (non-hydrogen) atoms. The second-order valence-electron chi connectivity index (χ2n) is 3.38. The van der Waals surface area contributed by atoms with Gasteiger partial charge in [0.2, 0.25) is 0 Å². The maximum Gasteiger partial charge on any atom is 0.145 e. The Labute approximate surface area is 74.1 Å². The van der Waals surface area contributed by atoms with Gasteiger partial charge < -0.3 is 4.43 Å². The van der Waals surface area contributed by atoms with Gasteiger partial charge in [-0.25, -0.2) is 0 Å². The zero-order valence-corrected chi connectivity index (χ0v) is 10.2. The molecule has 0 rings (SSSR count). The molecule has 2 heteroatoms. The van der Waals surface area contributed by atoms with Crippen LogP contribution in [0.4, 0.5) is 0 Å². The minimum absolute atomic E-state index is 0.902. The molecule has 0 N–H and O–H groups in total. The van der Waals surface area contributed by atoms with E-state index in [2.05, 4.69) is 13.8 Å². The number of hydrogen-bond acceptors (Lipinski definition) is 1. The van der Waals surface area contributed by atoms with Crippen LogP contribution in [0.2, 0.25) is 0 Å². The molecule has 1 atom stereocenters. The van der Waals surface area contributed by atoms with Crippen molar-refractivity contribution in [3.8, 4) is 0 Å². The first-order valence-electron chi connectivity index (χ1n) is 4.80. The molecule has 1 unspecified atom stereocenters. The lowest BCUT2D eigenvalue weighted by atomic mass is 9.99. The van der Waals surface area contributed by atoms with Crippen molar-refractivity contribution >= 4 is 10.5 Å². The minimum atomic E-state index is 0.902. The summed E-state index contributed by atoms with van der Waals surface area (Å²) in [5.74, 6) is 0.909. The molecule has 0 aromatic rings. The predicted molar refractivity (Wildman–Crippen MR) is 53.8 cm³/mol. The highest BCUT2D eigenvalue weighted by molar-refractivity contribution is 5.97. The summed E-state index contributed by atoms with van der Waals surface area (Å²) in [5, 5.41) is 0. The fourth-order valence-corrected chi connectivity index (χ4v) is 1.56. The molecule has 0 fully saturated rings. The molecule has 68 valence electrons. The molecule has 0 heterocycles. The van der Waals surface area contributed by atoms with Crippen LogP contribution in [0.1, 0.15) is 46.0 Å². The fraction of sp³-hybridized carbons (Fsp3) is 1.00. The Morgan fingerprint density at radius 2 is 1.91 bits per heavy atom. The SMILES string of the molecule is CCCCC(C)CCCO[SiH3]. The molecule has 0 bridgehead atoms. The second kappa shape index (κ2) is 8.28. The van der Waals surface area contributed by atoms with Gasteiger partial charge in [0.15, 0.2) is 0 Å². The van der Waals surface area contributed by atoms with Crippen molar-refractivity contribution in [1.82, 2.24) is 0 Å². The van der Waals surface area contributed by atoms with Crippen LogP contribution in [0, 0.1) is 5.92 Å². The minimum Gasteiger partial charge on any atom is -0.428 e. The summed E-state index contributed by atoms with van der Waals surface area (Å²) >= 11 is 0. The van der Waals surface area contributed by atoms with Crippen molar-refractivity contribution in [2.75, 3.05) is 6.61 Å². The van der Waals surface area contributed by atoms with E-state index in [9.17, 15) is 0 Å². The largest absolute Gasteiger partial charge is 0.428 e. The van der Waals surface area contributed by atoms with Crippen LogP contribution in [0.5, 0.6) is 0 Å². The number of unbranched alkanes of at least 4 members (excludes halogenated alkanes) is 1.